The Morgan fingerprint density at radius 2 is 2.43 bits per heavy atom. The van der Waals surface area contributed by atoms with E-state index in [1.165, 1.54) is 6.42 Å². The third-order valence-corrected chi connectivity index (χ3v) is 4.22. The van der Waals surface area contributed by atoms with Crippen LogP contribution in [0.1, 0.15) is 45.3 Å². The SMILES string of the molecule is CC1CCCC(O)(CNC(C)C(=O)NCc2ccco2)C1. The van der Waals surface area contributed by atoms with Crippen LogP contribution in [0.15, 0.2) is 22.8 Å². The first-order valence-corrected chi connectivity index (χ1v) is 7.74. The van der Waals surface area contributed by atoms with Gasteiger partial charge >= 0.3 is 0 Å². The number of hydrogen-bond donors (Lipinski definition) is 3. The van der Waals surface area contributed by atoms with E-state index < -0.39 is 5.60 Å². The normalized spacial score (nSPS) is 27.3. The van der Waals surface area contributed by atoms with Crippen molar-refractivity contribution in [3.63, 3.8) is 0 Å². The molecule has 3 atom stereocenters. The topological polar surface area (TPSA) is 74.5 Å². The lowest BCUT2D eigenvalue weighted by atomic mass is 9.79. The van der Waals surface area contributed by atoms with Crippen molar-refractivity contribution in [3.8, 4) is 0 Å². The molecule has 1 aromatic heterocycles. The fourth-order valence-corrected chi connectivity index (χ4v) is 2.97. The third kappa shape index (κ3) is 4.86. The molecule has 0 aromatic carbocycles. The summed E-state index contributed by atoms with van der Waals surface area (Å²) in [5.74, 6) is 1.20. The number of amides is 1. The number of furan rings is 1. The molecule has 5 heteroatoms. The second-order valence-corrected chi connectivity index (χ2v) is 6.33. The lowest BCUT2D eigenvalue weighted by molar-refractivity contribution is -0.123. The Hall–Kier alpha value is -1.33. The molecular weight excluding hydrogens is 268 g/mol. The molecule has 0 bridgehead atoms. The van der Waals surface area contributed by atoms with Gasteiger partial charge in [0.05, 0.1) is 24.5 Å². The Morgan fingerprint density at radius 1 is 1.62 bits per heavy atom. The van der Waals surface area contributed by atoms with Gasteiger partial charge in [-0.25, -0.2) is 0 Å². The Balaban J connectivity index is 1.73. The van der Waals surface area contributed by atoms with Crippen LogP contribution in [0.4, 0.5) is 0 Å². The van der Waals surface area contributed by atoms with Crippen LogP contribution in [0.25, 0.3) is 0 Å². The minimum atomic E-state index is -0.673. The standard InChI is InChI=1S/C16H26N2O3/c1-12-5-3-7-16(20,9-12)11-18-13(2)15(19)17-10-14-6-4-8-21-14/h4,6,8,12-13,18,20H,3,5,7,9-11H2,1-2H3,(H,17,19). The zero-order valence-electron chi connectivity index (χ0n) is 12.9. The molecule has 1 saturated carbocycles. The highest BCUT2D eigenvalue weighted by Gasteiger charge is 2.33. The minimum absolute atomic E-state index is 0.0844. The summed E-state index contributed by atoms with van der Waals surface area (Å²) in [6, 6.07) is 3.29. The Labute approximate surface area is 126 Å². The van der Waals surface area contributed by atoms with E-state index in [-0.39, 0.29) is 11.9 Å². The molecule has 1 aromatic rings. The van der Waals surface area contributed by atoms with E-state index in [0.717, 1.165) is 25.0 Å². The Bertz CT molecular complexity index is 446. The van der Waals surface area contributed by atoms with Crippen LogP contribution in [0.5, 0.6) is 0 Å². The zero-order valence-corrected chi connectivity index (χ0v) is 12.9. The van der Waals surface area contributed by atoms with Crippen LogP contribution in [-0.2, 0) is 11.3 Å². The molecule has 0 saturated heterocycles. The number of carbonyl (C=O) groups excluding carboxylic acids is 1. The molecule has 0 spiro atoms. The molecule has 118 valence electrons. The van der Waals surface area contributed by atoms with E-state index in [0.29, 0.717) is 19.0 Å². The number of hydrogen-bond acceptors (Lipinski definition) is 4. The minimum Gasteiger partial charge on any atom is -0.467 e. The van der Waals surface area contributed by atoms with Crippen LogP contribution in [0.2, 0.25) is 0 Å². The molecule has 1 heterocycles. The first-order chi connectivity index (χ1) is 9.98. The summed E-state index contributed by atoms with van der Waals surface area (Å²) in [5.41, 5.74) is -0.673. The molecule has 0 aliphatic heterocycles. The van der Waals surface area contributed by atoms with Gasteiger partial charge in [-0.05, 0) is 37.8 Å². The molecule has 1 amide bonds. The Morgan fingerprint density at radius 3 is 3.10 bits per heavy atom. The predicted octanol–water partition coefficient (Wildman–Crippen LogP) is 1.82. The molecule has 1 fully saturated rings. The highest BCUT2D eigenvalue weighted by Crippen LogP contribution is 2.31. The molecule has 0 radical (unpaired) electrons. The molecule has 21 heavy (non-hydrogen) atoms. The van der Waals surface area contributed by atoms with Crippen molar-refractivity contribution in [2.24, 2.45) is 5.92 Å². The highest BCUT2D eigenvalue weighted by atomic mass is 16.3. The van der Waals surface area contributed by atoms with Crippen LogP contribution >= 0.6 is 0 Å². The summed E-state index contributed by atoms with van der Waals surface area (Å²) >= 11 is 0. The molecule has 2 rings (SSSR count). The molecule has 5 nitrogen and oxygen atoms in total. The van der Waals surface area contributed by atoms with Gasteiger partial charge in [-0.1, -0.05) is 19.8 Å². The summed E-state index contributed by atoms with van der Waals surface area (Å²) < 4.78 is 5.17. The smallest absolute Gasteiger partial charge is 0.237 e. The van der Waals surface area contributed by atoms with Gasteiger partial charge < -0.3 is 20.2 Å². The van der Waals surface area contributed by atoms with Crippen LogP contribution in [0.3, 0.4) is 0 Å². The van der Waals surface area contributed by atoms with Crippen molar-refractivity contribution >= 4 is 5.91 Å². The first-order valence-electron chi connectivity index (χ1n) is 7.74. The zero-order chi connectivity index (χ0) is 15.3. The fraction of sp³-hybridized carbons (Fsp3) is 0.688. The maximum Gasteiger partial charge on any atom is 0.237 e. The van der Waals surface area contributed by atoms with Gasteiger partial charge in [-0.2, -0.15) is 0 Å². The molecular formula is C16H26N2O3. The predicted molar refractivity (Wildman–Crippen MR) is 80.6 cm³/mol. The Kier molecular flexibility index (Phi) is 5.42. The first kappa shape index (κ1) is 16.0. The van der Waals surface area contributed by atoms with Crippen LogP contribution in [0, 0.1) is 5.92 Å². The highest BCUT2D eigenvalue weighted by molar-refractivity contribution is 5.81. The summed E-state index contributed by atoms with van der Waals surface area (Å²) in [6.45, 7) is 4.84. The van der Waals surface area contributed by atoms with Crippen molar-refractivity contribution in [1.82, 2.24) is 10.6 Å². The van der Waals surface area contributed by atoms with Crippen molar-refractivity contribution in [1.29, 1.82) is 0 Å². The van der Waals surface area contributed by atoms with Gasteiger partial charge in [-0.15, -0.1) is 0 Å². The van der Waals surface area contributed by atoms with Crippen molar-refractivity contribution in [2.45, 2.75) is 57.7 Å². The van der Waals surface area contributed by atoms with E-state index >= 15 is 0 Å². The van der Waals surface area contributed by atoms with Gasteiger partial charge in [0.25, 0.3) is 0 Å². The van der Waals surface area contributed by atoms with E-state index in [4.69, 9.17) is 4.42 Å². The van der Waals surface area contributed by atoms with Gasteiger partial charge in [-0.3, -0.25) is 4.79 Å². The van der Waals surface area contributed by atoms with Gasteiger partial charge in [0.1, 0.15) is 5.76 Å². The molecule has 3 unspecified atom stereocenters. The van der Waals surface area contributed by atoms with Gasteiger partial charge in [0, 0.05) is 6.54 Å². The number of rotatable bonds is 6. The lowest BCUT2D eigenvalue weighted by Gasteiger charge is -2.36. The van der Waals surface area contributed by atoms with Crippen molar-refractivity contribution in [3.05, 3.63) is 24.2 Å². The number of carbonyl (C=O) groups is 1. The molecule has 1 aliphatic rings. The van der Waals surface area contributed by atoms with Gasteiger partial charge in [0.2, 0.25) is 5.91 Å². The maximum absolute atomic E-state index is 12.0. The van der Waals surface area contributed by atoms with E-state index in [9.17, 15) is 9.90 Å². The summed E-state index contributed by atoms with van der Waals surface area (Å²) in [6.07, 6.45) is 5.44. The maximum atomic E-state index is 12.0. The van der Waals surface area contributed by atoms with Crippen molar-refractivity contribution in [2.75, 3.05) is 6.54 Å². The molecule has 3 N–H and O–H groups in total. The monoisotopic (exact) mass is 294 g/mol. The second-order valence-electron chi connectivity index (χ2n) is 6.33. The number of nitrogens with one attached hydrogen (secondary N) is 2. The summed E-state index contributed by atoms with van der Waals surface area (Å²) in [5, 5.41) is 16.5. The second kappa shape index (κ2) is 7.09. The van der Waals surface area contributed by atoms with E-state index in [1.54, 1.807) is 12.3 Å². The lowest BCUT2D eigenvalue weighted by Crippen LogP contribution is -2.50. The van der Waals surface area contributed by atoms with E-state index in [2.05, 4.69) is 17.6 Å². The van der Waals surface area contributed by atoms with Crippen LogP contribution < -0.4 is 10.6 Å². The average Bonchev–Trinajstić information content (AvgIpc) is 2.95. The quantitative estimate of drug-likeness (QED) is 0.748. The summed E-state index contributed by atoms with van der Waals surface area (Å²) in [7, 11) is 0. The average molecular weight is 294 g/mol. The third-order valence-electron chi connectivity index (χ3n) is 4.22. The molecule has 1 aliphatic carbocycles. The van der Waals surface area contributed by atoms with E-state index in [1.807, 2.05) is 13.0 Å². The summed E-state index contributed by atoms with van der Waals surface area (Å²) in [4.78, 5) is 12.0. The van der Waals surface area contributed by atoms with Crippen LogP contribution in [-0.4, -0.2) is 29.2 Å². The van der Waals surface area contributed by atoms with Gasteiger partial charge in [0.15, 0.2) is 0 Å². The largest absolute Gasteiger partial charge is 0.467 e. The fourth-order valence-electron chi connectivity index (χ4n) is 2.97. The van der Waals surface area contributed by atoms with Crippen molar-refractivity contribution < 1.29 is 14.3 Å². The number of aliphatic hydroxyl groups is 1.